The van der Waals surface area contributed by atoms with Crippen molar-refractivity contribution in [3.63, 3.8) is 0 Å². The average Bonchev–Trinajstić information content (AvgIpc) is 3.40. The number of hydrogen-bond donors (Lipinski definition) is 2. The van der Waals surface area contributed by atoms with Crippen molar-refractivity contribution in [1.82, 2.24) is 9.97 Å². The number of nitrogens with zero attached hydrogens (tertiary/aromatic N) is 2. The lowest BCUT2D eigenvalue weighted by Gasteiger charge is -2.00. The Morgan fingerprint density at radius 2 is 1.96 bits per heavy atom. The predicted molar refractivity (Wildman–Crippen MR) is 116 cm³/mol. The highest BCUT2D eigenvalue weighted by molar-refractivity contribution is 7.22. The number of aryl methyl sites for hydroxylation is 1. The van der Waals surface area contributed by atoms with Gasteiger partial charge in [-0.2, -0.15) is 0 Å². The van der Waals surface area contributed by atoms with Gasteiger partial charge < -0.3 is 5.32 Å². The molecular weight excluding hydrogens is 436 g/mol. The number of benzene rings is 1. The van der Waals surface area contributed by atoms with E-state index in [1.54, 1.807) is 12.1 Å². The zero-order valence-corrected chi connectivity index (χ0v) is 17.5. The number of fused-ring (bicyclic) bond motifs is 1. The Labute approximate surface area is 177 Å². The number of carbonyl (C=O) groups is 2. The molecule has 6 nitrogen and oxygen atoms in total. The van der Waals surface area contributed by atoms with E-state index < -0.39 is 0 Å². The number of aromatic nitrogens is 2. The van der Waals surface area contributed by atoms with Crippen LogP contribution < -0.4 is 10.6 Å². The first kappa shape index (κ1) is 19.0. The van der Waals surface area contributed by atoms with Crippen molar-refractivity contribution in [3.8, 4) is 0 Å². The molecule has 0 saturated heterocycles. The maximum absolute atomic E-state index is 12.2. The monoisotopic (exact) mass is 448 g/mol. The second-order valence-corrected chi connectivity index (χ2v) is 9.03. The quantitative estimate of drug-likeness (QED) is 0.419. The Balaban J connectivity index is 1.31. The molecule has 0 bridgehead atoms. The molecule has 2 N–H and O–H groups in total. The van der Waals surface area contributed by atoms with E-state index >= 15 is 0 Å². The van der Waals surface area contributed by atoms with Crippen molar-refractivity contribution in [3.05, 3.63) is 56.7 Å². The van der Waals surface area contributed by atoms with E-state index in [-0.39, 0.29) is 18.2 Å². The number of anilines is 2. The topological polar surface area (TPSA) is 84.0 Å². The molecular formula is C18H13ClN4O2S3. The van der Waals surface area contributed by atoms with Gasteiger partial charge in [0.05, 0.1) is 20.8 Å². The second-order valence-electron chi connectivity index (χ2n) is 5.75. The van der Waals surface area contributed by atoms with Crippen molar-refractivity contribution in [2.45, 2.75) is 12.8 Å². The van der Waals surface area contributed by atoms with Crippen LogP contribution in [0.15, 0.2) is 41.1 Å². The molecule has 0 aliphatic heterocycles. The number of rotatable bonds is 6. The van der Waals surface area contributed by atoms with Gasteiger partial charge in [0.2, 0.25) is 5.91 Å². The van der Waals surface area contributed by atoms with Gasteiger partial charge in [-0.15, -0.1) is 22.7 Å². The zero-order chi connectivity index (χ0) is 19.5. The van der Waals surface area contributed by atoms with E-state index in [1.807, 2.05) is 29.0 Å². The van der Waals surface area contributed by atoms with Crippen LogP contribution in [0.1, 0.15) is 21.8 Å². The summed E-state index contributed by atoms with van der Waals surface area (Å²) < 4.78 is 0.924. The van der Waals surface area contributed by atoms with Gasteiger partial charge in [-0.05, 0) is 36.1 Å². The molecule has 4 rings (SSSR count). The fourth-order valence-electron chi connectivity index (χ4n) is 2.42. The third kappa shape index (κ3) is 4.56. The molecule has 3 aromatic heterocycles. The fraction of sp³-hybridized carbons (Fsp3) is 0.111. The molecule has 0 aliphatic carbocycles. The maximum Gasteiger partial charge on any atom is 0.267 e. The third-order valence-electron chi connectivity index (χ3n) is 3.72. The number of thiazole rings is 2. The molecule has 28 heavy (non-hydrogen) atoms. The van der Waals surface area contributed by atoms with Gasteiger partial charge in [0.25, 0.3) is 5.91 Å². The van der Waals surface area contributed by atoms with Gasteiger partial charge in [0, 0.05) is 16.8 Å². The highest BCUT2D eigenvalue weighted by Gasteiger charge is 2.12. The molecule has 0 unspecified atom stereocenters. The molecule has 2 amide bonds. The standard InChI is InChI=1S/C18H13ClN4O2S3/c19-10-3-5-12-14(8-10)28-18(21-12)22-15(24)6-4-11-9-27-17(20-11)23-16(25)13-2-1-7-26-13/h1-3,5,7-9H,4,6H2,(H,20,23,25)(H,21,22,24). The molecule has 4 aromatic rings. The second kappa shape index (κ2) is 8.36. The molecule has 10 heteroatoms. The van der Waals surface area contributed by atoms with Gasteiger partial charge in [-0.1, -0.05) is 29.0 Å². The lowest BCUT2D eigenvalue weighted by atomic mass is 10.2. The molecule has 0 fully saturated rings. The molecule has 0 saturated carbocycles. The Hall–Kier alpha value is -2.33. The fourth-order valence-corrected chi connectivity index (χ4v) is 4.94. The van der Waals surface area contributed by atoms with Crippen molar-refractivity contribution < 1.29 is 9.59 Å². The summed E-state index contributed by atoms with van der Waals surface area (Å²) in [7, 11) is 0. The number of nitrogens with one attached hydrogen (secondary N) is 2. The Morgan fingerprint density at radius 1 is 1.07 bits per heavy atom. The Bertz CT molecular complexity index is 1140. The normalized spacial score (nSPS) is 10.9. The number of amides is 2. The lowest BCUT2D eigenvalue weighted by Crippen LogP contribution is -2.12. The van der Waals surface area contributed by atoms with Gasteiger partial charge in [0.15, 0.2) is 10.3 Å². The van der Waals surface area contributed by atoms with E-state index in [1.165, 1.54) is 34.0 Å². The average molecular weight is 449 g/mol. The summed E-state index contributed by atoms with van der Waals surface area (Å²) in [4.78, 5) is 33.6. The van der Waals surface area contributed by atoms with Crippen LogP contribution in [-0.4, -0.2) is 21.8 Å². The number of halogens is 1. The summed E-state index contributed by atoms with van der Waals surface area (Å²) in [5, 5.41) is 11.0. The number of carbonyl (C=O) groups excluding carboxylic acids is 2. The molecule has 0 radical (unpaired) electrons. The zero-order valence-electron chi connectivity index (χ0n) is 14.3. The molecule has 0 aliphatic rings. The van der Waals surface area contributed by atoms with Crippen molar-refractivity contribution in [2.24, 2.45) is 0 Å². The smallest absolute Gasteiger partial charge is 0.267 e. The summed E-state index contributed by atoms with van der Waals surface area (Å²) >= 11 is 10.1. The van der Waals surface area contributed by atoms with Crippen molar-refractivity contribution in [2.75, 3.05) is 10.6 Å². The highest BCUT2D eigenvalue weighted by atomic mass is 35.5. The summed E-state index contributed by atoms with van der Waals surface area (Å²) in [6.07, 6.45) is 0.757. The van der Waals surface area contributed by atoms with E-state index in [0.717, 1.165) is 15.9 Å². The minimum Gasteiger partial charge on any atom is -0.302 e. The molecule has 142 valence electrons. The van der Waals surface area contributed by atoms with E-state index in [0.29, 0.717) is 26.6 Å². The summed E-state index contributed by atoms with van der Waals surface area (Å²) in [5.74, 6) is -0.313. The van der Waals surface area contributed by atoms with Crippen LogP contribution in [0.4, 0.5) is 10.3 Å². The SMILES string of the molecule is O=C(CCc1csc(NC(=O)c2cccs2)n1)Nc1nc2ccc(Cl)cc2s1. The number of thiophene rings is 1. The van der Waals surface area contributed by atoms with Crippen LogP contribution in [0, 0.1) is 0 Å². The maximum atomic E-state index is 12.2. The van der Waals surface area contributed by atoms with Crippen LogP contribution >= 0.6 is 45.6 Å². The Kier molecular flexibility index (Phi) is 5.67. The first-order chi connectivity index (χ1) is 13.6. The van der Waals surface area contributed by atoms with E-state index in [9.17, 15) is 9.59 Å². The van der Waals surface area contributed by atoms with Crippen LogP contribution in [0.3, 0.4) is 0 Å². The van der Waals surface area contributed by atoms with Crippen molar-refractivity contribution in [1.29, 1.82) is 0 Å². The highest BCUT2D eigenvalue weighted by Crippen LogP contribution is 2.28. The van der Waals surface area contributed by atoms with Gasteiger partial charge in [-0.3, -0.25) is 14.9 Å². The van der Waals surface area contributed by atoms with E-state index in [4.69, 9.17) is 11.6 Å². The Morgan fingerprint density at radius 3 is 2.79 bits per heavy atom. The molecule has 0 spiro atoms. The number of hydrogen-bond acceptors (Lipinski definition) is 7. The summed E-state index contributed by atoms with van der Waals surface area (Å²) in [6, 6.07) is 9.00. The first-order valence-electron chi connectivity index (χ1n) is 8.22. The minimum atomic E-state index is -0.176. The van der Waals surface area contributed by atoms with Gasteiger partial charge >= 0.3 is 0 Å². The lowest BCUT2D eigenvalue weighted by molar-refractivity contribution is -0.116. The van der Waals surface area contributed by atoms with Crippen LogP contribution in [0.5, 0.6) is 0 Å². The van der Waals surface area contributed by atoms with Crippen LogP contribution in [0.2, 0.25) is 5.02 Å². The summed E-state index contributed by atoms with van der Waals surface area (Å²) in [6.45, 7) is 0. The van der Waals surface area contributed by atoms with Gasteiger partial charge in [0.1, 0.15) is 0 Å². The summed E-state index contributed by atoms with van der Waals surface area (Å²) in [5.41, 5.74) is 1.56. The van der Waals surface area contributed by atoms with Gasteiger partial charge in [-0.25, -0.2) is 9.97 Å². The minimum absolute atomic E-state index is 0.137. The largest absolute Gasteiger partial charge is 0.302 e. The van der Waals surface area contributed by atoms with E-state index in [2.05, 4.69) is 20.6 Å². The molecule has 3 heterocycles. The predicted octanol–water partition coefficient (Wildman–Crippen LogP) is 5.29. The third-order valence-corrected chi connectivity index (χ3v) is 6.57. The van der Waals surface area contributed by atoms with Crippen molar-refractivity contribution >= 4 is 77.9 Å². The van der Waals surface area contributed by atoms with Crippen LogP contribution in [-0.2, 0) is 11.2 Å². The first-order valence-corrected chi connectivity index (χ1v) is 11.2. The molecule has 0 atom stereocenters. The molecule has 1 aromatic carbocycles. The van der Waals surface area contributed by atoms with Crippen LogP contribution in [0.25, 0.3) is 10.2 Å².